The first-order valence-electron chi connectivity index (χ1n) is 6.78. The second-order valence-corrected chi connectivity index (χ2v) is 6.49. The normalized spacial score (nSPS) is 20.0. The quantitative estimate of drug-likeness (QED) is 0.689. The molecule has 1 heterocycles. The number of halogens is 1. The van der Waals surface area contributed by atoms with Crippen LogP contribution in [-0.2, 0) is 4.79 Å². The molecule has 1 aliphatic carbocycles. The number of hydrogen-bond donors (Lipinski definition) is 1. The summed E-state index contributed by atoms with van der Waals surface area (Å²) >= 11 is 7.29. The Hall–Kier alpha value is -2.10. The lowest BCUT2D eigenvalue weighted by atomic mass is 9.79. The van der Waals surface area contributed by atoms with Gasteiger partial charge in [-0.25, -0.2) is 4.98 Å². The summed E-state index contributed by atoms with van der Waals surface area (Å²) in [6, 6.07) is 7.41. The second-order valence-electron chi connectivity index (χ2n) is 5.22. The summed E-state index contributed by atoms with van der Waals surface area (Å²) in [5, 5.41) is 12.6. The van der Waals surface area contributed by atoms with Crippen molar-refractivity contribution in [2.45, 2.75) is 18.9 Å². The van der Waals surface area contributed by atoms with Crippen molar-refractivity contribution in [2.75, 3.05) is 4.90 Å². The highest BCUT2D eigenvalue weighted by molar-refractivity contribution is 7.14. The predicted molar refractivity (Wildman–Crippen MR) is 86.4 cm³/mol. The van der Waals surface area contributed by atoms with Gasteiger partial charge in [-0.1, -0.05) is 23.7 Å². The molecule has 2 aromatic rings. The highest BCUT2D eigenvalue weighted by Gasteiger charge is 2.38. The minimum Gasteiger partial charge on any atom is -0.369 e. The van der Waals surface area contributed by atoms with Gasteiger partial charge in [-0.3, -0.25) is 9.69 Å². The van der Waals surface area contributed by atoms with Crippen molar-refractivity contribution in [1.29, 1.82) is 5.26 Å². The Bertz CT molecular complexity index is 731. The van der Waals surface area contributed by atoms with Crippen molar-refractivity contribution in [3.63, 3.8) is 0 Å². The molecule has 5 nitrogen and oxygen atoms in total. The molecule has 1 saturated carbocycles. The summed E-state index contributed by atoms with van der Waals surface area (Å²) in [6.07, 6.45) is 3.38. The topological polar surface area (TPSA) is 83.0 Å². The number of carbonyl (C=O) groups excluding carboxylic acids is 1. The van der Waals surface area contributed by atoms with E-state index in [1.807, 2.05) is 17.5 Å². The number of aromatic nitrogens is 1. The van der Waals surface area contributed by atoms with Gasteiger partial charge >= 0.3 is 0 Å². The van der Waals surface area contributed by atoms with Crippen LogP contribution in [0.25, 0.3) is 11.3 Å². The molecular formula is C15H13ClN4OS. The zero-order chi connectivity index (χ0) is 15.7. The average molecular weight is 333 g/mol. The van der Waals surface area contributed by atoms with Crippen LogP contribution in [0.3, 0.4) is 0 Å². The molecule has 3 rings (SSSR count). The van der Waals surface area contributed by atoms with Gasteiger partial charge < -0.3 is 5.73 Å². The Balaban J connectivity index is 1.76. The van der Waals surface area contributed by atoms with E-state index in [1.54, 1.807) is 17.0 Å². The van der Waals surface area contributed by atoms with Crippen LogP contribution >= 0.6 is 22.9 Å². The molecule has 1 fully saturated rings. The summed E-state index contributed by atoms with van der Waals surface area (Å²) in [6.45, 7) is 0. The Morgan fingerprint density at radius 1 is 1.41 bits per heavy atom. The zero-order valence-electron chi connectivity index (χ0n) is 11.6. The predicted octanol–water partition coefficient (Wildman–Crippen LogP) is 3.01. The van der Waals surface area contributed by atoms with E-state index in [0.29, 0.717) is 23.0 Å². The van der Waals surface area contributed by atoms with Gasteiger partial charge in [-0.05, 0) is 25.0 Å². The van der Waals surface area contributed by atoms with Crippen LogP contribution in [0.2, 0.25) is 5.02 Å². The van der Waals surface area contributed by atoms with Gasteiger partial charge in [0.25, 0.3) is 0 Å². The number of nitrogens with zero attached hydrogens (tertiary/aromatic N) is 3. The summed E-state index contributed by atoms with van der Waals surface area (Å²) in [4.78, 5) is 17.2. The number of rotatable bonds is 4. The van der Waals surface area contributed by atoms with Gasteiger partial charge in [0.1, 0.15) is 0 Å². The van der Waals surface area contributed by atoms with Crippen LogP contribution in [0, 0.1) is 17.4 Å². The van der Waals surface area contributed by atoms with Crippen molar-refractivity contribution < 1.29 is 4.79 Å². The molecule has 1 amide bonds. The van der Waals surface area contributed by atoms with Crippen LogP contribution in [0.5, 0.6) is 0 Å². The number of carbonyl (C=O) groups is 1. The molecule has 1 aromatic heterocycles. The van der Waals surface area contributed by atoms with E-state index in [1.165, 1.54) is 11.3 Å². The van der Waals surface area contributed by atoms with Gasteiger partial charge in [-0.15, -0.1) is 11.3 Å². The van der Waals surface area contributed by atoms with E-state index in [0.717, 1.165) is 11.3 Å². The smallest absolute Gasteiger partial charge is 0.220 e. The first-order chi connectivity index (χ1) is 10.6. The van der Waals surface area contributed by atoms with Crippen molar-refractivity contribution in [3.8, 4) is 17.5 Å². The van der Waals surface area contributed by atoms with Gasteiger partial charge in [0.05, 0.1) is 5.69 Å². The fraction of sp³-hybridized carbons (Fsp3) is 0.267. The maximum atomic E-state index is 11.1. The van der Waals surface area contributed by atoms with Crippen molar-refractivity contribution in [2.24, 2.45) is 11.7 Å². The van der Waals surface area contributed by atoms with Crippen molar-refractivity contribution in [3.05, 3.63) is 34.7 Å². The fourth-order valence-corrected chi connectivity index (χ4v) is 3.43. The Morgan fingerprint density at radius 2 is 2.09 bits per heavy atom. The lowest BCUT2D eigenvalue weighted by molar-refractivity contribution is -0.124. The number of nitrogens with two attached hydrogens (primary N) is 1. The lowest BCUT2D eigenvalue weighted by Gasteiger charge is -2.37. The number of benzene rings is 1. The number of primary amides is 1. The number of nitriles is 1. The van der Waals surface area contributed by atoms with Crippen LogP contribution in [0.4, 0.5) is 5.13 Å². The third-order valence-electron chi connectivity index (χ3n) is 3.83. The van der Waals surface area contributed by atoms with Gasteiger partial charge in [0, 0.05) is 27.9 Å². The first-order valence-corrected chi connectivity index (χ1v) is 8.04. The summed E-state index contributed by atoms with van der Waals surface area (Å²) in [5.41, 5.74) is 7.03. The monoisotopic (exact) mass is 332 g/mol. The van der Waals surface area contributed by atoms with Crippen LogP contribution < -0.4 is 10.6 Å². The maximum absolute atomic E-state index is 11.1. The maximum Gasteiger partial charge on any atom is 0.220 e. The summed E-state index contributed by atoms with van der Waals surface area (Å²) < 4.78 is 0. The summed E-state index contributed by atoms with van der Waals surface area (Å²) in [7, 11) is 0. The van der Waals surface area contributed by atoms with E-state index in [2.05, 4.69) is 11.2 Å². The Kier molecular flexibility index (Phi) is 4.01. The van der Waals surface area contributed by atoms with E-state index in [-0.39, 0.29) is 17.9 Å². The molecule has 7 heteroatoms. The fourth-order valence-electron chi connectivity index (χ4n) is 2.44. The second kappa shape index (κ2) is 5.95. The number of anilines is 1. The van der Waals surface area contributed by atoms with Crippen molar-refractivity contribution in [1.82, 2.24) is 4.98 Å². The molecule has 0 saturated heterocycles. The molecule has 112 valence electrons. The van der Waals surface area contributed by atoms with Gasteiger partial charge in [0.2, 0.25) is 5.91 Å². The van der Waals surface area contributed by atoms with Crippen LogP contribution in [0.15, 0.2) is 29.6 Å². The van der Waals surface area contributed by atoms with E-state index < -0.39 is 0 Å². The molecule has 0 spiro atoms. The molecule has 0 bridgehead atoms. The van der Waals surface area contributed by atoms with Crippen molar-refractivity contribution >= 4 is 34.0 Å². The SMILES string of the molecule is N#CN(c1nc(-c2ccc(Cl)cc2)cs1)C1CC(C(N)=O)C1. The standard InChI is InChI=1S/C15H13ClN4OS/c16-11-3-1-9(2-4-11)13-7-22-15(19-13)20(8-17)12-5-10(6-12)14(18)21/h1-4,7,10,12H,5-6H2,(H2,18,21). The van der Waals surface area contributed by atoms with Gasteiger partial charge in [0.15, 0.2) is 11.3 Å². The molecule has 0 unspecified atom stereocenters. The number of thiazole rings is 1. The number of hydrogen-bond acceptors (Lipinski definition) is 5. The molecule has 1 aliphatic rings. The third-order valence-corrected chi connectivity index (χ3v) is 4.92. The van der Waals surface area contributed by atoms with Crippen LogP contribution in [0.1, 0.15) is 12.8 Å². The lowest BCUT2D eigenvalue weighted by Crippen LogP contribution is -2.47. The Morgan fingerprint density at radius 3 is 2.68 bits per heavy atom. The first kappa shape index (κ1) is 14.8. The highest BCUT2D eigenvalue weighted by atomic mass is 35.5. The average Bonchev–Trinajstić information content (AvgIpc) is 2.92. The van der Waals surface area contributed by atoms with Gasteiger partial charge in [-0.2, -0.15) is 5.26 Å². The number of amides is 1. The summed E-state index contributed by atoms with van der Waals surface area (Å²) in [5.74, 6) is -0.424. The molecule has 2 N–H and O–H groups in total. The molecule has 0 atom stereocenters. The Labute approximate surface area is 136 Å². The minimum absolute atomic E-state index is 0.00622. The van der Waals surface area contributed by atoms with Crippen LogP contribution in [-0.4, -0.2) is 16.9 Å². The molecular weight excluding hydrogens is 320 g/mol. The molecule has 1 aromatic carbocycles. The minimum atomic E-state index is -0.296. The molecule has 0 radical (unpaired) electrons. The molecule has 0 aliphatic heterocycles. The van der Waals surface area contributed by atoms with E-state index >= 15 is 0 Å². The van der Waals surface area contributed by atoms with E-state index in [4.69, 9.17) is 17.3 Å². The molecule has 22 heavy (non-hydrogen) atoms. The van der Waals surface area contributed by atoms with E-state index in [9.17, 15) is 10.1 Å². The third kappa shape index (κ3) is 2.78. The largest absolute Gasteiger partial charge is 0.369 e. The zero-order valence-corrected chi connectivity index (χ0v) is 13.1. The highest BCUT2D eigenvalue weighted by Crippen LogP contribution is 2.36.